The molecule has 3 rings (SSSR count). The van der Waals surface area contributed by atoms with Gasteiger partial charge >= 0.3 is 5.97 Å². The number of methoxy groups -OCH3 is 1. The second-order valence-corrected chi connectivity index (χ2v) is 5.96. The Morgan fingerprint density at radius 2 is 2.19 bits per heavy atom. The van der Waals surface area contributed by atoms with E-state index in [0.29, 0.717) is 24.5 Å². The molecule has 0 bridgehead atoms. The summed E-state index contributed by atoms with van der Waals surface area (Å²) in [6, 6.07) is 7.81. The third-order valence-corrected chi connectivity index (χ3v) is 4.21. The topological polar surface area (TPSA) is 109 Å². The Bertz CT molecular complexity index is 830. The fourth-order valence-corrected chi connectivity index (χ4v) is 2.88. The van der Waals surface area contributed by atoms with E-state index in [2.05, 4.69) is 5.32 Å². The van der Waals surface area contributed by atoms with Crippen LogP contribution in [-0.2, 0) is 16.1 Å². The van der Waals surface area contributed by atoms with Gasteiger partial charge in [-0.2, -0.15) is 0 Å². The molecule has 2 N–H and O–H groups in total. The quantitative estimate of drug-likeness (QED) is 0.817. The fraction of sp³-hybridized carbons (Fsp3) is 0.278. The minimum absolute atomic E-state index is 0.00571. The number of benzene rings is 1. The van der Waals surface area contributed by atoms with Crippen LogP contribution in [0.15, 0.2) is 41.0 Å². The molecule has 1 unspecified atom stereocenters. The molecule has 0 spiro atoms. The molecule has 26 heavy (non-hydrogen) atoms. The maximum atomic E-state index is 12.5. The number of anilines is 1. The zero-order valence-electron chi connectivity index (χ0n) is 14.1. The van der Waals surface area contributed by atoms with Crippen molar-refractivity contribution in [3.63, 3.8) is 0 Å². The number of carbonyl (C=O) groups excluding carboxylic acids is 2. The third kappa shape index (κ3) is 3.69. The number of furan rings is 1. The molecule has 1 aromatic heterocycles. The van der Waals surface area contributed by atoms with Crippen molar-refractivity contribution in [3.05, 3.63) is 47.9 Å². The van der Waals surface area contributed by atoms with Crippen LogP contribution in [0, 0.1) is 5.92 Å². The maximum absolute atomic E-state index is 12.5. The van der Waals surface area contributed by atoms with Crippen LogP contribution in [0.1, 0.15) is 22.5 Å². The second-order valence-electron chi connectivity index (χ2n) is 5.96. The van der Waals surface area contributed by atoms with Crippen LogP contribution in [0.3, 0.4) is 0 Å². The number of amides is 2. The lowest BCUT2D eigenvalue weighted by atomic mass is 10.1. The number of ether oxygens (including phenoxy) is 1. The van der Waals surface area contributed by atoms with Crippen molar-refractivity contribution in [2.45, 2.75) is 13.0 Å². The van der Waals surface area contributed by atoms with E-state index < -0.39 is 11.9 Å². The van der Waals surface area contributed by atoms with Gasteiger partial charge in [0.1, 0.15) is 17.1 Å². The van der Waals surface area contributed by atoms with Crippen molar-refractivity contribution in [3.8, 4) is 5.75 Å². The predicted molar refractivity (Wildman–Crippen MR) is 90.8 cm³/mol. The van der Waals surface area contributed by atoms with Gasteiger partial charge in [-0.25, -0.2) is 4.79 Å². The Hall–Kier alpha value is -3.29. The molecule has 8 heteroatoms. The predicted octanol–water partition coefficient (Wildman–Crippen LogP) is 1.97. The van der Waals surface area contributed by atoms with Crippen molar-refractivity contribution in [1.82, 2.24) is 4.90 Å². The summed E-state index contributed by atoms with van der Waals surface area (Å²) >= 11 is 0. The van der Waals surface area contributed by atoms with E-state index >= 15 is 0 Å². The molecule has 1 atom stereocenters. The summed E-state index contributed by atoms with van der Waals surface area (Å²) in [6.45, 7) is 0.631. The number of nitrogens with zero attached hydrogens (tertiary/aromatic N) is 1. The highest BCUT2D eigenvalue weighted by Gasteiger charge is 2.34. The van der Waals surface area contributed by atoms with E-state index in [1.807, 2.05) is 0 Å². The van der Waals surface area contributed by atoms with E-state index in [9.17, 15) is 14.4 Å². The van der Waals surface area contributed by atoms with Gasteiger partial charge in [0, 0.05) is 24.7 Å². The van der Waals surface area contributed by atoms with Crippen molar-refractivity contribution in [1.29, 1.82) is 0 Å². The van der Waals surface area contributed by atoms with Crippen molar-refractivity contribution < 1.29 is 28.6 Å². The molecule has 1 fully saturated rings. The van der Waals surface area contributed by atoms with Crippen molar-refractivity contribution in [2.75, 3.05) is 19.0 Å². The van der Waals surface area contributed by atoms with Gasteiger partial charge in [-0.05, 0) is 24.3 Å². The first kappa shape index (κ1) is 17.5. The van der Waals surface area contributed by atoms with Crippen molar-refractivity contribution >= 4 is 23.5 Å². The Morgan fingerprint density at radius 1 is 1.38 bits per heavy atom. The number of likely N-dealkylation sites (tertiary alicyclic amines) is 1. The molecular weight excluding hydrogens is 340 g/mol. The first-order valence-corrected chi connectivity index (χ1v) is 8.00. The number of carbonyl (C=O) groups is 3. The summed E-state index contributed by atoms with van der Waals surface area (Å²) in [6.07, 6.45) is 1.66. The van der Waals surface area contributed by atoms with Gasteiger partial charge in [0.15, 0.2) is 0 Å². The first-order chi connectivity index (χ1) is 12.5. The third-order valence-electron chi connectivity index (χ3n) is 4.21. The highest BCUT2D eigenvalue weighted by molar-refractivity contribution is 5.98. The summed E-state index contributed by atoms with van der Waals surface area (Å²) in [4.78, 5) is 37.3. The van der Waals surface area contributed by atoms with Crippen LogP contribution in [0.25, 0.3) is 0 Å². The summed E-state index contributed by atoms with van der Waals surface area (Å²) in [5.74, 6) is -1.20. The lowest BCUT2D eigenvalue weighted by Gasteiger charge is -2.15. The van der Waals surface area contributed by atoms with Crippen LogP contribution in [0.5, 0.6) is 5.75 Å². The molecule has 1 saturated heterocycles. The van der Waals surface area contributed by atoms with Gasteiger partial charge in [-0.15, -0.1) is 0 Å². The normalized spacial score (nSPS) is 16.6. The standard InChI is InChI=1S/C18H18N2O6/c1-25-15-8-12(4-5-14(15)18(23)24)19-17(22)11-7-16(21)20(9-11)10-13-3-2-6-26-13/h2-6,8,11H,7,9-10H2,1H3,(H,19,22)(H,23,24). The van der Waals surface area contributed by atoms with Crippen molar-refractivity contribution in [2.24, 2.45) is 5.92 Å². The maximum Gasteiger partial charge on any atom is 0.339 e. The lowest BCUT2D eigenvalue weighted by molar-refractivity contribution is -0.128. The SMILES string of the molecule is COc1cc(NC(=O)C2CC(=O)N(Cc3ccco3)C2)ccc1C(=O)O. The second kappa shape index (κ2) is 7.30. The van der Waals surface area contributed by atoms with E-state index in [1.54, 1.807) is 17.0 Å². The van der Waals surface area contributed by atoms with Crippen LogP contribution in [-0.4, -0.2) is 41.4 Å². The zero-order valence-corrected chi connectivity index (χ0v) is 14.1. The number of aromatic carboxylic acids is 1. The van der Waals surface area contributed by atoms with Gasteiger partial charge in [-0.3, -0.25) is 9.59 Å². The molecule has 2 amide bonds. The van der Waals surface area contributed by atoms with Crippen LogP contribution < -0.4 is 10.1 Å². The minimum atomic E-state index is -1.12. The monoisotopic (exact) mass is 358 g/mol. The summed E-state index contributed by atoms with van der Waals surface area (Å²) in [5, 5.41) is 11.8. The Balaban J connectivity index is 1.65. The van der Waals surface area contributed by atoms with E-state index in [0.717, 1.165) is 0 Å². The van der Waals surface area contributed by atoms with Gasteiger partial charge < -0.3 is 24.5 Å². The number of rotatable bonds is 6. The molecular formula is C18H18N2O6. The number of carboxylic acid groups (broad SMARTS) is 1. The molecule has 0 radical (unpaired) electrons. The number of nitrogens with one attached hydrogen (secondary N) is 1. The van der Waals surface area contributed by atoms with Crippen LogP contribution >= 0.6 is 0 Å². The lowest BCUT2D eigenvalue weighted by Crippen LogP contribution is -2.27. The average molecular weight is 358 g/mol. The molecule has 8 nitrogen and oxygen atoms in total. The molecule has 0 aliphatic carbocycles. The van der Waals surface area contributed by atoms with Gasteiger partial charge in [0.25, 0.3) is 0 Å². The van der Waals surface area contributed by atoms with Crippen LogP contribution in [0.4, 0.5) is 5.69 Å². The van der Waals surface area contributed by atoms with Gasteiger partial charge in [0.05, 0.1) is 25.8 Å². The van der Waals surface area contributed by atoms with E-state index in [1.165, 1.54) is 31.6 Å². The highest BCUT2D eigenvalue weighted by Crippen LogP contribution is 2.26. The minimum Gasteiger partial charge on any atom is -0.496 e. The molecule has 136 valence electrons. The summed E-state index contributed by atoms with van der Waals surface area (Å²) in [7, 11) is 1.36. The van der Waals surface area contributed by atoms with Gasteiger partial charge in [-0.1, -0.05) is 0 Å². The van der Waals surface area contributed by atoms with Gasteiger partial charge in [0.2, 0.25) is 11.8 Å². The zero-order chi connectivity index (χ0) is 18.7. The number of carboxylic acids is 1. The smallest absolute Gasteiger partial charge is 0.339 e. The number of hydrogen-bond donors (Lipinski definition) is 2. The van der Waals surface area contributed by atoms with E-state index in [-0.39, 0.29) is 29.5 Å². The molecule has 2 heterocycles. The Labute approximate surface area is 149 Å². The largest absolute Gasteiger partial charge is 0.496 e. The Kier molecular flexibility index (Phi) is 4.92. The molecule has 1 aromatic carbocycles. The first-order valence-electron chi connectivity index (χ1n) is 8.00. The van der Waals surface area contributed by atoms with Crippen LogP contribution in [0.2, 0.25) is 0 Å². The fourth-order valence-electron chi connectivity index (χ4n) is 2.88. The Morgan fingerprint density at radius 3 is 2.85 bits per heavy atom. The summed E-state index contributed by atoms with van der Waals surface area (Å²) in [5.41, 5.74) is 0.417. The number of hydrogen-bond acceptors (Lipinski definition) is 5. The molecule has 1 aliphatic rings. The molecule has 0 saturated carbocycles. The summed E-state index contributed by atoms with van der Waals surface area (Å²) < 4.78 is 10.3. The highest BCUT2D eigenvalue weighted by atomic mass is 16.5. The van der Waals surface area contributed by atoms with E-state index in [4.69, 9.17) is 14.3 Å². The molecule has 1 aliphatic heterocycles. The molecule has 2 aromatic rings. The average Bonchev–Trinajstić information content (AvgIpc) is 3.25.